The van der Waals surface area contributed by atoms with E-state index < -0.39 is 29.7 Å². The number of carbonyl (C=O) groups is 4. The van der Waals surface area contributed by atoms with Crippen molar-refractivity contribution >= 4 is 34.4 Å². The topological polar surface area (TPSA) is 126 Å². The van der Waals surface area contributed by atoms with Crippen molar-refractivity contribution in [2.75, 3.05) is 33.4 Å². The van der Waals surface area contributed by atoms with Gasteiger partial charge in [-0.1, -0.05) is 42.5 Å². The summed E-state index contributed by atoms with van der Waals surface area (Å²) in [5, 5.41) is 10.5. The van der Waals surface area contributed by atoms with Crippen molar-refractivity contribution in [3.63, 3.8) is 0 Å². The molecule has 1 saturated heterocycles. The smallest absolute Gasteiger partial charge is 0.255 e. The molecule has 1 fully saturated rings. The molecule has 0 radical (unpaired) electrons. The number of methoxy groups -OCH3 is 1. The molecule has 42 heavy (non-hydrogen) atoms. The van der Waals surface area contributed by atoms with Gasteiger partial charge >= 0.3 is 0 Å². The highest BCUT2D eigenvalue weighted by Crippen LogP contribution is 2.25. The maximum atomic E-state index is 14.0. The summed E-state index contributed by atoms with van der Waals surface area (Å²) in [6.45, 7) is 0.0364. The first-order valence-corrected chi connectivity index (χ1v) is 13.9. The fraction of sp³-hybridized carbons (Fsp3) is 0.355. The third-order valence-electron chi connectivity index (χ3n) is 7.49. The quantitative estimate of drug-likeness (QED) is 0.412. The standard InChI is InChI=1S/C31H33FN4O6/c1-41-18-29(38)35-26-10-11-33-30(39)25-14-22(32)8-9-27(25)42-17-24-15-23(16-36(24)31(26)40)34-28(37)13-19-6-7-20-4-2-3-5-21(20)12-19/h2-9,12,14,23-24,26H,10-11,13,15-18H2,1H3,(H,33,39)(H,34,37)(H,35,38)/t23-,24-,26-/m0/s1. The number of ether oxygens (including phenoxy) is 2. The number of carbonyl (C=O) groups excluding carboxylic acids is 4. The van der Waals surface area contributed by atoms with E-state index in [4.69, 9.17) is 9.47 Å². The lowest BCUT2D eigenvalue weighted by Gasteiger charge is -2.30. The van der Waals surface area contributed by atoms with E-state index in [1.54, 1.807) is 4.90 Å². The molecular formula is C31H33FN4O6. The van der Waals surface area contributed by atoms with Crippen LogP contribution in [-0.4, -0.2) is 80.1 Å². The molecule has 10 nitrogen and oxygen atoms in total. The van der Waals surface area contributed by atoms with Crippen molar-refractivity contribution in [1.29, 1.82) is 0 Å². The second-order valence-electron chi connectivity index (χ2n) is 10.6. The SMILES string of the molecule is COCC(=O)N[C@H]1CCNC(=O)c2cc(F)ccc2OC[C@@H]2C[C@H](NC(=O)Cc3ccc4ccccc4c3)CN2C1=O. The molecule has 3 aromatic rings. The predicted molar refractivity (Wildman–Crippen MR) is 152 cm³/mol. The largest absolute Gasteiger partial charge is 0.491 e. The molecule has 0 saturated carbocycles. The molecular weight excluding hydrogens is 543 g/mol. The molecule has 3 aromatic carbocycles. The van der Waals surface area contributed by atoms with Gasteiger partial charge in [-0.15, -0.1) is 0 Å². The summed E-state index contributed by atoms with van der Waals surface area (Å²) in [6, 6.07) is 15.7. The summed E-state index contributed by atoms with van der Waals surface area (Å²) in [7, 11) is 1.37. The van der Waals surface area contributed by atoms with Gasteiger partial charge in [0.2, 0.25) is 17.7 Å². The number of hydrogen-bond donors (Lipinski definition) is 3. The second kappa shape index (κ2) is 13.0. The Bertz CT molecular complexity index is 1500. The average Bonchev–Trinajstić information content (AvgIpc) is 3.37. The number of hydrogen-bond acceptors (Lipinski definition) is 6. The Kier molecular flexibility index (Phi) is 8.97. The minimum absolute atomic E-state index is 0.00738. The lowest BCUT2D eigenvalue weighted by atomic mass is 10.0. The maximum absolute atomic E-state index is 14.0. The molecule has 220 valence electrons. The van der Waals surface area contributed by atoms with E-state index >= 15 is 0 Å². The fourth-order valence-electron chi connectivity index (χ4n) is 5.50. The number of rotatable bonds is 6. The molecule has 11 heteroatoms. The first-order chi connectivity index (χ1) is 20.3. The molecule has 0 aliphatic carbocycles. The third kappa shape index (κ3) is 6.85. The number of benzene rings is 3. The zero-order chi connectivity index (χ0) is 29.6. The summed E-state index contributed by atoms with van der Waals surface area (Å²) in [5.41, 5.74) is 0.906. The minimum atomic E-state index is -0.950. The van der Waals surface area contributed by atoms with Gasteiger partial charge in [-0.25, -0.2) is 4.39 Å². The van der Waals surface area contributed by atoms with E-state index in [0.717, 1.165) is 22.4 Å². The molecule has 3 N–H and O–H groups in total. The molecule has 2 heterocycles. The van der Waals surface area contributed by atoms with Crippen LogP contribution in [0.1, 0.15) is 28.8 Å². The summed E-state index contributed by atoms with van der Waals surface area (Å²) in [6.07, 6.45) is 0.684. The third-order valence-corrected chi connectivity index (χ3v) is 7.49. The maximum Gasteiger partial charge on any atom is 0.255 e. The molecule has 2 aliphatic rings. The van der Waals surface area contributed by atoms with E-state index in [0.29, 0.717) is 6.42 Å². The van der Waals surface area contributed by atoms with Crippen LogP contribution in [0.15, 0.2) is 60.7 Å². The summed E-state index contributed by atoms with van der Waals surface area (Å²) in [4.78, 5) is 53.5. The number of fused-ring (bicyclic) bond motifs is 3. The first kappa shape index (κ1) is 29.0. The van der Waals surface area contributed by atoms with Gasteiger partial charge in [-0.05, 0) is 47.4 Å². The van der Waals surface area contributed by atoms with Crippen LogP contribution in [0.3, 0.4) is 0 Å². The Morgan fingerprint density at radius 1 is 1.05 bits per heavy atom. The predicted octanol–water partition coefficient (Wildman–Crippen LogP) is 1.95. The van der Waals surface area contributed by atoms with E-state index in [9.17, 15) is 23.6 Å². The number of nitrogens with zero attached hydrogens (tertiary/aromatic N) is 1. The van der Waals surface area contributed by atoms with Crippen LogP contribution in [0.2, 0.25) is 0 Å². The van der Waals surface area contributed by atoms with Gasteiger partial charge in [-0.2, -0.15) is 0 Å². The van der Waals surface area contributed by atoms with E-state index in [1.807, 2.05) is 42.5 Å². The normalized spacial score (nSPS) is 20.8. The van der Waals surface area contributed by atoms with Gasteiger partial charge in [0.05, 0.1) is 18.0 Å². The molecule has 4 amide bonds. The van der Waals surface area contributed by atoms with Crippen LogP contribution >= 0.6 is 0 Å². The Labute approximate surface area is 242 Å². The monoisotopic (exact) mass is 576 g/mol. The Morgan fingerprint density at radius 3 is 2.67 bits per heavy atom. The first-order valence-electron chi connectivity index (χ1n) is 13.9. The number of amides is 4. The zero-order valence-corrected chi connectivity index (χ0v) is 23.2. The van der Waals surface area contributed by atoms with Crippen LogP contribution in [0.4, 0.5) is 4.39 Å². The Morgan fingerprint density at radius 2 is 1.86 bits per heavy atom. The van der Waals surface area contributed by atoms with Crippen LogP contribution in [0, 0.1) is 5.82 Å². The summed E-state index contributed by atoms with van der Waals surface area (Å²) in [5.74, 6) is -1.96. The van der Waals surface area contributed by atoms with E-state index in [2.05, 4.69) is 16.0 Å². The Hall–Kier alpha value is -4.51. The number of halogens is 1. The second-order valence-corrected chi connectivity index (χ2v) is 10.6. The highest BCUT2D eigenvalue weighted by atomic mass is 19.1. The van der Waals surface area contributed by atoms with Crippen molar-refractivity contribution in [1.82, 2.24) is 20.9 Å². The minimum Gasteiger partial charge on any atom is -0.491 e. The van der Waals surface area contributed by atoms with Gasteiger partial charge in [-0.3, -0.25) is 19.2 Å². The lowest BCUT2D eigenvalue weighted by Crippen LogP contribution is -2.53. The lowest BCUT2D eigenvalue weighted by molar-refractivity contribution is -0.138. The van der Waals surface area contributed by atoms with Gasteiger partial charge in [0.1, 0.15) is 30.8 Å². The van der Waals surface area contributed by atoms with Gasteiger partial charge in [0.15, 0.2) is 0 Å². The van der Waals surface area contributed by atoms with Crippen LogP contribution in [0.25, 0.3) is 10.8 Å². The van der Waals surface area contributed by atoms with Crippen LogP contribution < -0.4 is 20.7 Å². The van der Waals surface area contributed by atoms with Crippen LogP contribution in [0.5, 0.6) is 5.75 Å². The molecule has 5 rings (SSSR count). The zero-order valence-electron chi connectivity index (χ0n) is 23.2. The molecule has 0 unspecified atom stereocenters. The van der Waals surface area contributed by atoms with Gasteiger partial charge < -0.3 is 30.3 Å². The van der Waals surface area contributed by atoms with Gasteiger partial charge in [0, 0.05) is 26.2 Å². The van der Waals surface area contributed by atoms with E-state index in [-0.39, 0.29) is 68.3 Å². The average molecular weight is 577 g/mol. The highest BCUT2D eigenvalue weighted by Gasteiger charge is 2.40. The fourth-order valence-corrected chi connectivity index (χ4v) is 5.50. The number of nitrogens with one attached hydrogen (secondary N) is 3. The summed E-state index contributed by atoms with van der Waals surface area (Å²) < 4.78 is 24.8. The molecule has 0 spiro atoms. The van der Waals surface area contributed by atoms with E-state index in [1.165, 1.54) is 19.2 Å². The summed E-state index contributed by atoms with van der Waals surface area (Å²) >= 11 is 0. The van der Waals surface area contributed by atoms with Crippen molar-refractivity contribution in [3.8, 4) is 5.75 Å². The molecule has 0 aromatic heterocycles. The molecule has 3 atom stereocenters. The highest BCUT2D eigenvalue weighted by molar-refractivity contribution is 5.97. The Balaban J connectivity index is 1.34. The van der Waals surface area contributed by atoms with Crippen molar-refractivity contribution in [2.24, 2.45) is 0 Å². The van der Waals surface area contributed by atoms with Crippen molar-refractivity contribution in [2.45, 2.75) is 37.4 Å². The molecule has 0 bridgehead atoms. The van der Waals surface area contributed by atoms with Crippen LogP contribution in [-0.2, 0) is 25.5 Å². The molecule has 2 aliphatic heterocycles. The van der Waals surface area contributed by atoms with Crippen molar-refractivity contribution in [3.05, 3.63) is 77.6 Å². The van der Waals surface area contributed by atoms with Crippen molar-refractivity contribution < 1.29 is 33.0 Å². The van der Waals surface area contributed by atoms with Gasteiger partial charge in [0.25, 0.3) is 5.91 Å².